The highest BCUT2D eigenvalue weighted by molar-refractivity contribution is 5.91. The largest absolute Gasteiger partial charge is 0.339 e. The van der Waals surface area contributed by atoms with Crippen molar-refractivity contribution in [2.45, 2.75) is 19.3 Å². The van der Waals surface area contributed by atoms with Crippen molar-refractivity contribution < 1.29 is 0 Å². The first kappa shape index (κ1) is 13.9. The molecule has 1 N–H and O–H groups in total. The molecule has 4 rings (SSSR count). The highest BCUT2D eigenvalue weighted by atomic mass is 15.3. The third kappa shape index (κ3) is 2.92. The maximum atomic E-state index is 4.61. The van der Waals surface area contributed by atoms with Gasteiger partial charge in [0.1, 0.15) is 0 Å². The second-order valence-corrected chi connectivity index (χ2v) is 5.70. The maximum Gasteiger partial charge on any atom is 0.247 e. The van der Waals surface area contributed by atoms with Gasteiger partial charge in [0.25, 0.3) is 0 Å². The number of para-hydroxylation sites is 1. The van der Waals surface area contributed by atoms with Crippen LogP contribution < -0.4 is 10.2 Å². The Bertz CT molecular complexity index is 808. The second-order valence-electron chi connectivity index (χ2n) is 5.70. The Balaban J connectivity index is 1.63. The third-order valence-electron chi connectivity index (χ3n) is 4.08. The van der Waals surface area contributed by atoms with E-state index < -0.39 is 0 Å². The Labute approximate surface area is 134 Å². The van der Waals surface area contributed by atoms with Crippen molar-refractivity contribution in [2.24, 2.45) is 0 Å². The molecule has 1 aromatic carbocycles. The number of anilines is 3. The van der Waals surface area contributed by atoms with Gasteiger partial charge in [-0.3, -0.25) is 4.98 Å². The Morgan fingerprint density at radius 3 is 2.78 bits per heavy atom. The number of pyridine rings is 1. The quantitative estimate of drug-likeness (QED) is 0.802. The van der Waals surface area contributed by atoms with Crippen LogP contribution in [0.4, 0.5) is 17.5 Å². The first-order chi connectivity index (χ1) is 11.4. The molecule has 2 aromatic heterocycles. The fraction of sp³-hybridized carbons (Fsp3) is 0.294. The average molecular weight is 306 g/mol. The molecule has 0 saturated carbocycles. The number of rotatable bonds is 3. The van der Waals surface area contributed by atoms with Gasteiger partial charge in [0.15, 0.2) is 5.82 Å². The molecule has 3 heterocycles. The number of aromatic nitrogens is 4. The SMILES string of the molecule is c1cnc2c(Nc3cnnc(N4CCCCC4)n3)cccc2c1. The number of hydrogen-bond donors (Lipinski definition) is 1. The van der Waals surface area contributed by atoms with E-state index in [9.17, 15) is 0 Å². The summed E-state index contributed by atoms with van der Waals surface area (Å²) in [4.78, 5) is 11.3. The number of fused-ring (bicyclic) bond motifs is 1. The van der Waals surface area contributed by atoms with Crippen LogP contribution in [0.2, 0.25) is 0 Å². The molecule has 0 radical (unpaired) electrons. The minimum atomic E-state index is 0.693. The molecule has 1 saturated heterocycles. The molecule has 23 heavy (non-hydrogen) atoms. The summed E-state index contributed by atoms with van der Waals surface area (Å²) in [7, 11) is 0. The fourth-order valence-electron chi connectivity index (χ4n) is 2.93. The van der Waals surface area contributed by atoms with Gasteiger partial charge in [0.2, 0.25) is 5.95 Å². The van der Waals surface area contributed by atoms with E-state index in [0.717, 1.165) is 29.7 Å². The number of nitrogens with one attached hydrogen (secondary N) is 1. The molecule has 0 bridgehead atoms. The average Bonchev–Trinajstić information content (AvgIpc) is 2.63. The summed E-state index contributed by atoms with van der Waals surface area (Å²) in [6, 6.07) is 10.0. The van der Waals surface area contributed by atoms with E-state index in [0.29, 0.717) is 11.8 Å². The highest BCUT2D eigenvalue weighted by Crippen LogP contribution is 2.24. The van der Waals surface area contributed by atoms with Crippen molar-refractivity contribution >= 4 is 28.4 Å². The van der Waals surface area contributed by atoms with Crippen LogP contribution >= 0.6 is 0 Å². The molecular weight excluding hydrogens is 288 g/mol. The van der Waals surface area contributed by atoms with Gasteiger partial charge in [-0.2, -0.15) is 10.1 Å². The Hall–Kier alpha value is -2.76. The number of nitrogens with zero attached hydrogens (tertiary/aromatic N) is 5. The summed E-state index contributed by atoms with van der Waals surface area (Å²) in [6.45, 7) is 2.00. The van der Waals surface area contributed by atoms with E-state index in [1.807, 2.05) is 30.3 Å². The summed E-state index contributed by atoms with van der Waals surface area (Å²) in [5.74, 6) is 1.39. The van der Waals surface area contributed by atoms with Crippen molar-refractivity contribution in [1.82, 2.24) is 20.2 Å². The lowest BCUT2D eigenvalue weighted by molar-refractivity contribution is 0.565. The molecule has 1 aliphatic rings. The summed E-state index contributed by atoms with van der Waals surface area (Å²) >= 11 is 0. The van der Waals surface area contributed by atoms with Crippen LogP contribution in [-0.4, -0.2) is 33.3 Å². The summed E-state index contributed by atoms with van der Waals surface area (Å²) in [5.41, 5.74) is 1.85. The van der Waals surface area contributed by atoms with Crippen molar-refractivity contribution in [1.29, 1.82) is 0 Å². The third-order valence-corrected chi connectivity index (χ3v) is 4.08. The summed E-state index contributed by atoms with van der Waals surface area (Å²) in [6.07, 6.45) is 7.10. The smallest absolute Gasteiger partial charge is 0.247 e. The maximum absolute atomic E-state index is 4.61. The van der Waals surface area contributed by atoms with Crippen molar-refractivity contribution in [3.63, 3.8) is 0 Å². The minimum absolute atomic E-state index is 0.693. The van der Waals surface area contributed by atoms with Crippen molar-refractivity contribution in [3.8, 4) is 0 Å². The lowest BCUT2D eigenvalue weighted by atomic mass is 10.1. The zero-order valence-corrected chi connectivity index (χ0v) is 12.8. The molecule has 0 atom stereocenters. The van der Waals surface area contributed by atoms with Gasteiger partial charge in [-0.25, -0.2) is 0 Å². The van der Waals surface area contributed by atoms with Crippen LogP contribution in [0.5, 0.6) is 0 Å². The monoisotopic (exact) mass is 306 g/mol. The first-order valence-corrected chi connectivity index (χ1v) is 7.95. The summed E-state index contributed by atoms with van der Waals surface area (Å²) < 4.78 is 0. The highest BCUT2D eigenvalue weighted by Gasteiger charge is 2.14. The number of piperidine rings is 1. The number of hydrogen-bond acceptors (Lipinski definition) is 6. The Kier molecular flexibility index (Phi) is 3.71. The minimum Gasteiger partial charge on any atom is -0.339 e. The van der Waals surface area contributed by atoms with Gasteiger partial charge >= 0.3 is 0 Å². The van der Waals surface area contributed by atoms with Gasteiger partial charge in [-0.1, -0.05) is 18.2 Å². The lowest BCUT2D eigenvalue weighted by Gasteiger charge is -2.26. The fourth-order valence-corrected chi connectivity index (χ4v) is 2.93. The van der Waals surface area contributed by atoms with E-state index in [1.165, 1.54) is 19.3 Å². The van der Waals surface area contributed by atoms with Crippen LogP contribution in [0, 0.1) is 0 Å². The molecular formula is C17H18N6. The predicted molar refractivity (Wildman–Crippen MR) is 90.9 cm³/mol. The van der Waals surface area contributed by atoms with Crippen molar-refractivity contribution in [2.75, 3.05) is 23.3 Å². The molecule has 0 aliphatic carbocycles. The Morgan fingerprint density at radius 1 is 1.00 bits per heavy atom. The van der Waals surface area contributed by atoms with E-state index in [2.05, 4.69) is 30.4 Å². The van der Waals surface area contributed by atoms with Crippen LogP contribution in [-0.2, 0) is 0 Å². The van der Waals surface area contributed by atoms with Gasteiger partial charge in [-0.15, -0.1) is 5.10 Å². The normalized spacial score (nSPS) is 14.9. The summed E-state index contributed by atoms with van der Waals surface area (Å²) in [5, 5.41) is 12.7. The van der Waals surface area contributed by atoms with E-state index >= 15 is 0 Å². The second kappa shape index (κ2) is 6.16. The Morgan fingerprint density at radius 2 is 1.87 bits per heavy atom. The molecule has 6 heteroatoms. The standard InChI is InChI=1S/C17H18N6/c1-2-10-23(11-3-1)17-21-15(12-19-22-17)20-14-8-4-6-13-7-5-9-18-16(13)14/h4-9,12H,1-3,10-11H2,(H,20,21,22). The van der Waals surface area contributed by atoms with Crippen LogP contribution in [0.25, 0.3) is 10.9 Å². The van der Waals surface area contributed by atoms with Crippen LogP contribution in [0.1, 0.15) is 19.3 Å². The van der Waals surface area contributed by atoms with Crippen molar-refractivity contribution in [3.05, 3.63) is 42.7 Å². The molecule has 0 amide bonds. The van der Waals surface area contributed by atoms with Gasteiger partial charge in [0.05, 0.1) is 17.4 Å². The van der Waals surface area contributed by atoms with Gasteiger partial charge in [0, 0.05) is 24.7 Å². The van der Waals surface area contributed by atoms with Crippen LogP contribution in [0.3, 0.4) is 0 Å². The van der Waals surface area contributed by atoms with Gasteiger partial charge in [-0.05, 0) is 31.4 Å². The first-order valence-electron chi connectivity index (χ1n) is 7.95. The van der Waals surface area contributed by atoms with Gasteiger partial charge < -0.3 is 10.2 Å². The molecule has 1 aliphatic heterocycles. The van der Waals surface area contributed by atoms with E-state index in [-0.39, 0.29) is 0 Å². The molecule has 0 spiro atoms. The number of benzene rings is 1. The lowest BCUT2D eigenvalue weighted by Crippen LogP contribution is -2.31. The molecule has 0 unspecified atom stereocenters. The van der Waals surface area contributed by atoms with Crippen LogP contribution in [0.15, 0.2) is 42.7 Å². The molecule has 116 valence electrons. The molecule has 6 nitrogen and oxygen atoms in total. The van der Waals surface area contributed by atoms with E-state index in [4.69, 9.17) is 0 Å². The zero-order valence-electron chi connectivity index (χ0n) is 12.8. The van der Waals surface area contributed by atoms with E-state index in [1.54, 1.807) is 12.4 Å². The molecule has 1 fully saturated rings. The molecule has 3 aromatic rings. The predicted octanol–water partition coefficient (Wildman–Crippen LogP) is 3.15. The topological polar surface area (TPSA) is 66.8 Å². The zero-order chi connectivity index (χ0) is 15.5.